The Hall–Kier alpha value is -1.58. The van der Waals surface area contributed by atoms with E-state index in [0.29, 0.717) is 5.69 Å². The van der Waals surface area contributed by atoms with Crippen molar-refractivity contribution in [1.29, 1.82) is 0 Å². The van der Waals surface area contributed by atoms with Crippen LogP contribution in [-0.2, 0) is 4.79 Å². The van der Waals surface area contributed by atoms with Crippen molar-refractivity contribution >= 4 is 17.3 Å². The van der Waals surface area contributed by atoms with Gasteiger partial charge in [-0.3, -0.25) is 4.79 Å². The second kappa shape index (κ2) is 2.95. The minimum Gasteiger partial charge on any atom is -0.359 e. The van der Waals surface area contributed by atoms with Gasteiger partial charge in [-0.05, 0) is 26.0 Å². The molecular weight excluding hydrogens is 195 g/mol. The van der Waals surface area contributed by atoms with Crippen LogP contribution in [0.25, 0.3) is 0 Å². The van der Waals surface area contributed by atoms with Gasteiger partial charge in [-0.15, -0.1) is 0 Å². The van der Waals surface area contributed by atoms with Gasteiger partial charge >= 0.3 is 0 Å². The van der Waals surface area contributed by atoms with E-state index in [-0.39, 0.29) is 11.6 Å². The van der Waals surface area contributed by atoms with Crippen LogP contribution in [0.2, 0.25) is 0 Å². The van der Waals surface area contributed by atoms with Gasteiger partial charge in [-0.2, -0.15) is 0 Å². The number of para-hydroxylation sites is 1. The van der Waals surface area contributed by atoms with Gasteiger partial charge in [0.05, 0.1) is 5.69 Å². The first-order valence-corrected chi connectivity index (χ1v) is 4.78. The Morgan fingerprint density at radius 3 is 2.73 bits per heavy atom. The summed E-state index contributed by atoms with van der Waals surface area (Å²) in [5.74, 6) is -0.592. The van der Waals surface area contributed by atoms with Crippen LogP contribution in [0.4, 0.5) is 15.8 Å². The van der Waals surface area contributed by atoms with Gasteiger partial charge in [0.25, 0.3) is 0 Å². The van der Waals surface area contributed by atoms with E-state index in [1.165, 1.54) is 6.07 Å². The number of anilines is 2. The number of halogens is 1. The molecule has 1 aromatic rings. The molecule has 2 rings (SSSR count). The molecule has 4 heteroatoms. The molecule has 0 saturated carbocycles. The topological polar surface area (TPSA) is 32.3 Å². The van der Waals surface area contributed by atoms with Gasteiger partial charge in [-0.25, -0.2) is 4.39 Å². The van der Waals surface area contributed by atoms with Crippen LogP contribution in [0.5, 0.6) is 0 Å². The fourth-order valence-electron chi connectivity index (χ4n) is 1.64. The highest BCUT2D eigenvalue weighted by Gasteiger charge is 2.38. The summed E-state index contributed by atoms with van der Waals surface area (Å²) in [6.45, 7) is 3.60. The predicted octanol–water partition coefficient (Wildman–Crippen LogP) is 1.99. The molecule has 0 saturated heterocycles. The van der Waals surface area contributed by atoms with Gasteiger partial charge in [0.1, 0.15) is 17.0 Å². The zero-order valence-corrected chi connectivity index (χ0v) is 8.97. The first-order chi connectivity index (χ1) is 6.94. The highest BCUT2D eigenvalue weighted by Crippen LogP contribution is 2.36. The van der Waals surface area contributed by atoms with Crippen LogP contribution >= 0.6 is 0 Å². The normalized spacial score (nSPS) is 18.4. The van der Waals surface area contributed by atoms with E-state index in [1.807, 2.05) is 0 Å². The summed E-state index contributed by atoms with van der Waals surface area (Å²) < 4.78 is 13.4. The third-order valence-electron chi connectivity index (χ3n) is 2.99. The predicted molar refractivity (Wildman–Crippen MR) is 57.5 cm³/mol. The molecule has 80 valence electrons. The number of hydrogen-bond donors (Lipinski definition) is 1. The number of amides is 1. The number of carbonyl (C=O) groups is 1. The average Bonchev–Trinajstić information content (AvgIpc) is 2.18. The Morgan fingerprint density at radius 2 is 2.07 bits per heavy atom. The monoisotopic (exact) mass is 208 g/mol. The summed E-state index contributed by atoms with van der Waals surface area (Å²) in [4.78, 5) is 13.5. The highest BCUT2D eigenvalue weighted by atomic mass is 19.1. The SMILES string of the molecule is CN1c2cccc(F)c2NC(=O)C1(C)C. The number of nitrogens with one attached hydrogen (secondary N) is 1. The summed E-state index contributed by atoms with van der Waals surface area (Å²) in [5.41, 5.74) is 0.324. The molecule has 0 aliphatic carbocycles. The maximum Gasteiger partial charge on any atom is 0.249 e. The summed E-state index contributed by atoms with van der Waals surface area (Å²) in [5, 5.41) is 2.59. The van der Waals surface area contributed by atoms with E-state index in [2.05, 4.69) is 5.32 Å². The Morgan fingerprint density at radius 1 is 1.40 bits per heavy atom. The van der Waals surface area contributed by atoms with Crippen molar-refractivity contribution in [3.8, 4) is 0 Å². The molecule has 15 heavy (non-hydrogen) atoms. The fraction of sp³-hybridized carbons (Fsp3) is 0.364. The number of likely N-dealkylation sites (N-methyl/N-ethyl adjacent to an activating group) is 1. The zero-order chi connectivity index (χ0) is 11.2. The van der Waals surface area contributed by atoms with Crippen molar-refractivity contribution in [3.05, 3.63) is 24.0 Å². The largest absolute Gasteiger partial charge is 0.359 e. The van der Waals surface area contributed by atoms with Crippen molar-refractivity contribution < 1.29 is 9.18 Å². The van der Waals surface area contributed by atoms with Crippen LogP contribution in [0.3, 0.4) is 0 Å². The van der Waals surface area contributed by atoms with Crippen LogP contribution in [0, 0.1) is 5.82 Å². The second-order valence-electron chi connectivity index (χ2n) is 4.21. The molecule has 0 aromatic heterocycles. The first kappa shape index (κ1) is 9.96. The standard InChI is InChI=1S/C11H13FN2O/c1-11(2)10(15)13-9-7(12)5-4-6-8(9)14(11)3/h4-6H,1-3H3,(H,13,15). The third kappa shape index (κ3) is 1.28. The Kier molecular flexibility index (Phi) is 1.96. The van der Waals surface area contributed by atoms with E-state index in [9.17, 15) is 9.18 Å². The average molecular weight is 208 g/mol. The maximum atomic E-state index is 13.4. The van der Waals surface area contributed by atoms with Crippen LogP contribution in [0.15, 0.2) is 18.2 Å². The quantitative estimate of drug-likeness (QED) is 0.707. The number of hydrogen-bond acceptors (Lipinski definition) is 2. The highest BCUT2D eigenvalue weighted by molar-refractivity contribution is 6.06. The molecule has 0 bridgehead atoms. The molecular formula is C11H13FN2O. The molecule has 1 heterocycles. The Labute approximate surface area is 87.9 Å². The van der Waals surface area contributed by atoms with Crippen LogP contribution in [0.1, 0.15) is 13.8 Å². The molecule has 0 fully saturated rings. The molecule has 1 aliphatic rings. The van der Waals surface area contributed by atoms with Gasteiger partial charge in [0.2, 0.25) is 5.91 Å². The van der Waals surface area contributed by atoms with Crippen molar-refractivity contribution in [1.82, 2.24) is 0 Å². The Bertz CT molecular complexity index is 429. The van der Waals surface area contributed by atoms with E-state index >= 15 is 0 Å². The molecule has 0 atom stereocenters. The fourth-order valence-corrected chi connectivity index (χ4v) is 1.64. The van der Waals surface area contributed by atoms with Gasteiger partial charge in [0, 0.05) is 7.05 Å². The first-order valence-electron chi connectivity index (χ1n) is 4.78. The summed E-state index contributed by atoms with van der Waals surface area (Å²) >= 11 is 0. The minimum atomic E-state index is -0.652. The lowest BCUT2D eigenvalue weighted by Crippen LogP contribution is -2.54. The zero-order valence-electron chi connectivity index (χ0n) is 8.97. The van der Waals surface area contributed by atoms with Crippen molar-refractivity contribution in [2.24, 2.45) is 0 Å². The number of benzene rings is 1. The summed E-state index contributed by atoms with van der Waals surface area (Å²) in [6.07, 6.45) is 0. The van der Waals surface area contributed by atoms with E-state index in [0.717, 1.165) is 0 Å². The Balaban J connectivity index is 2.61. The molecule has 1 aliphatic heterocycles. The van der Waals surface area contributed by atoms with E-state index < -0.39 is 11.4 Å². The lowest BCUT2D eigenvalue weighted by atomic mass is 9.97. The van der Waals surface area contributed by atoms with Crippen molar-refractivity contribution in [3.63, 3.8) is 0 Å². The molecule has 1 N–H and O–H groups in total. The molecule has 0 radical (unpaired) electrons. The molecule has 1 aromatic carbocycles. The maximum absolute atomic E-state index is 13.4. The lowest BCUT2D eigenvalue weighted by Gasteiger charge is -2.41. The lowest BCUT2D eigenvalue weighted by molar-refractivity contribution is -0.120. The molecule has 3 nitrogen and oxygen atoms in total. The van der Waals surface area contributed by atoms with E-state index in [1.54, 1.807) is 37.9 Å². The summed E-state index contributed by atoms with van der Waals surface area (Å²) in [7, 11) is 1.79. The second-order valence-corrected chi connectivity index (χ2v) is 4.21. The smallest absolute Gasteiger partial charge is 0.249 e. The van der Waals surface area contributed by atoms with Gasteiger partial charge in [-0.1, -0.05) is 6.07 Å². The number of rotatable bonds is 0. The van der Waals surface area contributed by atoms with Crippen molar-refractivity contribution in [2.75, 3.05) is 17.3 Å². The van der Waals surface area contributed by atoms with Crippen LogP contribution < -0.4 is 10.2 Å². The minimum absolute atomic E-state index is 0.192. The van der Waals surface area contributed by atoms with Crippen LogP contribution in [-0.4, -0.2) is 18.5 Å². The molecule has 0 unspecified atom stereocenters. The summed E-state index contributed by atoms with van der Waals surface area (Å²) in [6, 6.07) is 4.77. The molecule has 1 amide bonds. The number of fused-ring (bicyclic) bond motifs is 1. The van der Waals surface area contributed by atoms with Gasteiger partial charge in [0.15, 0.2) is 0 Å². The number of carbonyl (C=O) groups excluding carboxylic acids is 1. The van der Waals surface area contributed by atoms with E-state index in [4.69, 9.17) is 0 Å². The van der Waals surface area contributed by atoms with Gasteiger partial charge < -0.3 is 10.2 Å². The number of nitrogens with zero attached hydrogens (tertiary/aromatic N) is 1. The molecule has 0 spiro atoms. The van der Waals surface area contributed by atoms with Crippen molar-refractivity contribution in [2.45, 2.75) is 19.4 Å². The third-order valence-corrected chi connectivity index (χ3v) is 2.99.